The van der Waals surface area contributed by atoms with Gasteiger partial charge >= 0.3 is 5.97 Å². The summed E-state index contributed by atoms with van der Waals surface area (Å²) in [6.45, 7) is -0.725. The molecule has 0 amide bonds. The van der Waals surface area contributed by atoms with Gasteiger partial charge in [0.25, 0.3) is 10.2 Å². The summed E-state index contributed by atoms with van der Waals surface area (Å²) in [5.41, 5.74) is 0.592. The zero-order valence-electron chi connectivity index (χ0n) is 11.0. The summed E-state index contributed by atoms with van der Waals surface area (Å²) in [6, 6.07) is 4.93. The molecule has 0 unspecified atom stereocenters. The van der Waals surface area contributed by atoms with E-state index in [-0.39, 0.29) is 6.54 Å². The van der Waals surface area contributed by atoms with Crippen molar-refractivity contribution >= 4 is 16.2 Å². The van der Waals surface area contributed by atoms with Gasteiger partial charge in [-0.15, -0.1) is 0 Å². The molecule has 0 aliphatic rings. The number of benzene rings is 1. The molecule has 0 aliphatic carbocycles. The van der Waals surface area contributed by atoms with E-state index < -0.39 is 22.7 Å². The number of carboxylic acid groups (broad SMARTS) is 1. The summed E-state index contributed by atoms with van der Waals surface area (Å²) >= 11 is 0. The Balaban J connectivity index is 2.72. The van der Waals surface area contributed by atoms with Crippen molar-refractivity contribution in [2.45, 2.75) is 6.54 Å². The summed E-state index contributed by atoms with van der Waals surface area (Å²) in [6.07, 6.45) is 0. The molecule has 0 aromatic heterocycles. The van der Waals surface area contributed by atoms with Crippen molar-refractivity contribution in [3.05, 3.63) is 23.8 Å². The van der Waals surface area contributed by atoms with Crippen LogP contribution in [0.25, 0.3) is 0 Å². The van der Waals surface area contributed by atoms with Crippen LogP contribution in [0.3, 0.4) is 0 Å². The van der Waals surface area contributed by atoms with Gasteiger partial charge in [-0.1, -0.05) is 6.07 Å². The first-order valence-corrected chi connectivity index (χ1v) is 7.03. The van der Waals surface area contributed by atoms with Crippen molar-refractivity contribution in [1.29, 1.82) is 0 Å². The fraction of sp³-hybridized carbons (Fsp3) is 0.364. The SMILES string of the molecule is COc1ccc(CNS(=O)(=O)NCC(=O)O)c(OC)c1. The fourth-order valence-electron chi connectivity index (χ4n) is 1.38. The molecule has 8 nitrogen and oxygen atoms in total. The third-order valence-electron chi connectivity index (χ3n) is 2.36. The number of aliphatic carboxylic acids is 1. The van der Waals surface area contributed by atoms with Gasteiger partial charge < -0.3 is 14.6 Å². The molecule has 1 aromatic rings. The van der Waals surface area contributed by atoms with Crippen molar-refractivity contribution in [2.75, 3.05) is 20.8 Å². The Morgan fingerprint density at radius 3 is 2.50 bits per heavy atom. The van der Waals surface area contributed by atoms with E-state index in [1.165, 1.54) is 14.2 Å². The molecule has 112 valence electrons. The van der Waals surface area contributed by atoms with Crippen LogP contribution in [0.15, 0.2) is 18.2 Å². The fourth-order valence-corrected chi connectivity index (χ4v) is 2.14. The molecule has 0 radical (unpaired) electrons. The van der Waals surface area contributed by atoms with E-state index in [4.69, 9.17) is 14.6 Å². The standard InChI is InChI=1S/C11H16N2O6S/c1-18-9-4-3-8(10(5-9)19-2)6-12-20(16,17)13-7-11(14)15/h3-5,12-13H,6-7H2,1-2H3,(H,14,15). The maximum Gasteiger partial charge on any atom is 0.318 e. The molecule has 0 fully saturated rings. The van der Waals surface area contributed by atoms with Crippen molar-refractivity contribution in [1.82, 2.24) is 9.44 Å². The molecule has 9 heteroatoms. The molecule has 0 spiro atoms. The smallest absolute Gasteiger partial charge is 0.318 e. The third kappa shape index (κ3) is 5.03. The van der Waals surface area contributed by atoms with E-state index in [0.717, 1.165) is 0 Å². The number of carbonyl (C=O) groups is 1. The molecule has 20 heavy (non-hydrogen) atoms. The molecular formula is C11H16N2O6S. The predicted octanol–water partition coefficient (Wildman–Crippen LogP) is -0.288. The normalized spacial score (nSPS) is 11.1. The van der Waals surface area contributed by atoms with Crippen LogP contribution in [0.5, 0.6) is 11.5 Å². The summed E-state index contributed by atoms with van der Waals surface area (Å²) in [5.74, 6) is -0.222. The van der Waals surface area contributed by atoms with Gasteiger partial charge in [-0.2, -0.15) is 17.9 Å². The molecule has 0 heterocycles. The monoisotopic (exact) mass is 304 g/mol. The predicted molar refractivity (Wildman–Crippen MR) is 70.9 cm³/mol. The summed E-state index contributed by atoms with van der Waals surface area (Å²) in [5, 5.41) is 8.41. The quantitative estimate of drug-likeness (QED) is 0.608. The summed E-state index contributed by atoms with van der Waals surface area (Å²) in [4.78, 5) is 10.3. The first-order valence-electron chi connectivity index (χ1n) is 5.55. The molecule has 0 atom stereocenters. The van der Waals surface area contributed by atoms with E-state index in [9.17, 15) is 13.2 Å². The number of rotatable bonds is 8. The maximum absolute atomic E-state index is 11.5. The minimum atomic E-state index is -3.88. The second-order valence-corrected chi connectivity index (χ2v) is 5.30. The van der Waals surface area contributed by atoms with Gasteiger partial charge in [-0.25, -0.2) is 0 Å². The minimum Gasteiger partial charge on any atom is -0.497 e. The highest BCUT2D eigenvalue weighted by Crippen LogP contribution is 2.24. The van der Waals surface area contributed by atoms with E-state index in [2.05, 4.69) is 4.72 Å². The Kier molecular flexibility index (Phi) is 5.74. The Hall–Kier alpha value is -1.84. The van der Waals surface area contributed by atoms with Crippen molar-refractivity contribution in [3.63, 3.8) is 0 Å². The molecule has 0 saturated heterocycles. The Bertz CT molecular complexity index is 572. The lowest BCUT2D eigenvalue weighted by Crippen LogP contribution is -2.38. The molecule has 1 rings (SSSR count). The lowest BCUT2D eigenvalue weighted by atomic mass is 10.2. The van der Waals surface area contributed by atoms with E-state index in [1.54, 1.807) is 18.2 Å². The van der Waals surface area contributed by atoms with Crippen LogP contribution in [0.1, 0.15) is 5.56 Å². The van der Waals surface area contributed by atoms with Crippen LogP contribution in [0.2, 0.25) is 0 Å². The van der Waals surface area contributed by atoms with Gasteiger partial charge in [0.2, 0.25) is 0 Å². The summed E-state index contributed by atoms with van der Waals surface area (Å²) < 4.78 is 37.2. The van der Waals surface area contributed by atoms with Crippen LogP contribution in [-0.2, 0) is 21.5 Å². The van der Waals surface area contributed by atoms with E-state index in [0.29, 0.717) is 17.1 Å². The molecule has 3 N–H and O–H groups in total. The van der Waals surface area contributed by atoms with Crippen LogP contribution >= 0.6 is 0 Å². The van der Waals surface area contributed by atoms with Crippen molar-refractivity contribution in [3.8, 4) is 11.5 Å². The molecule has 1 aromatic carbocycles. The third-order valence-corrected chi connectivity index (χ3v) is 3.41. The Morgan fingerprint density at radius 2 is 1.95 bits per heavy atom. The number of nitrogens with one attached hydrogen (secondary N) is 2. The van der Waals surface area contributed by atoms with Gasteiger partial charge in [0.05, 0.1) is 14.2 Å². The zero-order valence-corrected chi connectivity index (χ0v) is 11.9. The maximum atomic E-state index is 11.5. The van der Waals surface area contributed by atoms with Crippen molar-refractivity contribution < 1.29 is 27.8 Å². The second kappa shape index (κ2) is 7.08. The van der Waals surface area contributed by atoms with Gasteiger partial charge in [-0.3, -0.25) is 4.79 Å². The van der Waals surface area contributed by atoms with Gasteiger partial charge in [-0.05, 0) is 6.07 Å². The van der Waals surface area contributed by atoms with E-state index >= 15 is 0 Å². The lowest BCUT2D eigenvalue weighted by molar-refractivity contribution is -0.135. The summed E-state index contributed by atoms with van der Waals surface area (Å²) in [7, 11) is -0.922. The largest absolute Gasteiger partial charge is 0.497 e. The van der Waals surface area contributed by atoms with Gasteiger partial charge in [0.15, 0.2) is 0 Å². The lowest BCUT2D eigenvalue weighted by Gasteiger charge is -2.11. The van der Waals surface area contributed by atoms with Crippen LogP contribution < -0.4 is 18.9 Å². The highest BCUT2D eigenvalue weighted by atomic mass is 32.2. The Morgan fingerprint density at radius 1 is 1.25 bits per heavy atom. The highest BCUT2D eigenvalue weighted by molar-refractivity contribution is 7.87. The highest BCUT2D eigenvalue weighted by Gasteiger charge is 2.13. The van der Waals surface area contributed by atoms with Crippen molar-refractivity contribution in [2.24, 2.45) is 0 Å². The Labute approximate surface area is 116 Å². The number of hydrogen-bond acceptors (Lipinski definition) is 5. The molecule has 0 bridgehead atoms. The van der Waals surface area contributed by atoms with Crippen LogP contribution in [-0.4, -0.2) is 40.3 Å². The number of hydrogen-bond donors (Lipinski definition) is 3. The van der Waals surface area contributed by atoms with Crippen LogP contribution in [0, 0.1) is 0 Å². The number of methoxy groups -OCH3 is 2. The second-order valence-electron chi connectivity index (χ2n) is 3.72. The average Bonchev–Trinajstić information content (AvgIpc) is 2.43. The van der Waals surface area contributed by atoms with Gasteiger partial charge in [0.1, 0.15) is 18.0 Å². The molecule has 0 aliphatic heterocycles. The van der Waals surface area contributed by atoms with Crippen LogP contribution in [0.4, 0.5) is 0 Å². The zero-order chi connectivity index (χ0) is 15.2. The number of ether oxygens (including phenoxy) is 2. The first-order chi connectivity index (χ1) is 9.38. The first kappa shape index (κ1) is 16.2. The average molecular weight is 304 g/mol. The molecule has 0 saturated carbocycles. The number of carboxylic acids is 1. The minimum absolute atomic E-state index is 0.0396. The molecular weight excluding hydrogens is 288 g/mol. The van der Waals surface area contributed by atoms with E-state index in [1.807, 2.05) is 4.72 Å². The topological polar surface area (TPSA) is 114 Å². The van der Waals surface area contributed by atoms with Gasteiger partial charge in [0, 0.05) is 18.2 Å².